The van der Waals surface area contributed by atoms with Gasteiger partial charge in [0.25, 0.3) is 0 Å². The minimum absolute atomic E-state index is 0.425. The summed E-state index contributed by atoms with van der Waals surface area (Å²) >= 11 is 0. The first-order chi connectivity index (χ1) is 26.3. The fourth-order valence-corrected chi connectivity index (χ4v) is 12.4. The van der Waals surface area contributed by atoms with Crippen molar-refractivity contribution in [2.24, 2.45) is 0 Å². The molecule has 1 unspecified atom stereocenters. The van der Waals surface area contributed by atoms with Crippen LogP contribution in [-0.4, -0.2) is 37.0 Å². The van der Waals surface area contributed by atoms with Crippen LogP contribution in [0.15, 0.2) is 158 Å². The van der Waals surface area contributed by atoms with Gasteiger partial charge >= 0.3 is 0 Å². The smallest absolute Gasteiger partial charge is 0.239 e. The lowest BCUT2D eigenvalue weighted by molar-refractivity contribution is 0.421. The number of para-hydroxylation sites is 6. The van der Waals surface area contributed by atoms with Crippen LogP contribution in [0, 0.1) is 0 Å². The Morgan fingerprint density at radius 2 is 1.27 bits per heavy atom. The molecule has 9 aromatic rings. The van der Waals surface area contributed by atoms with E-state index in [-0.39, 0.29) is 0 Å². The Kier molecular flexibility index (Phi) is 5.74. The van der Waals surface area contributed by atoms with E-state index >= 15 is 0 Å². The average molecular weight is 680 g/mol. The number of aromatic nitrogens is 6. The third-order valence-electron chi connectivity index (χ3n) is 10.2. The van der Waals surface area contributed by atoms with Gasteiger partial charge in [0.2, 0.25) is 19.8 Å². The lowest BCUT2D eigenvalue weighted by Gasteiger charge is -2.39. The highest BCUT2D eigenvalue weighted by atomic mass is 28.3. The number of fused-ring (bicyclic) bond motifs is 7. The van der Waals surface area contributed by atoms with E-state index in [2.05, 4.69) is 52.9 Å². The lowest BCUT2D eigenvalue weighted by atomic mass is 9.76. The van der Waals surface area contributed by atoms with Crippen LogP contribution in [0.3, 0.4) is 0 Å². The average Bonchev–Trinajstić information content (AvgIpc) is 3.74. The van der Waals surface area contributed by atoms with E-state index < -0.39 is 20.3 Å². The summed E-state index contributed by atoms with van der Waals surface area (Å²) in [5.74, 6) is 2.15. The van der Waals surface area contributed by atoms with Crippen molar-refractivity contribution >= 4 is 56.9 Å². The number of ether oxygens (including phenoxy) is 1. The van der Waals surface area contributed by atoms with Gasteiger partial charge in [-0.2, -0.15) is 0 Å². The second-order valence-electron chi connectivity index (χ2n) is 13.1. The molecule has 51 heavy (non-hydrogen) atoms. The molecule has 0 radical (unpaired) electrons. The van der Waals surface area contributed by atoms with Crippen molar-refractivity contribution in [1.29, 1.82) is 0 Å². The van der Waals surface area contributed by atoms with Crippen LogP contribution in [0.2, 0.25) is 0 Å². The zero-order chi connectivity index (χ0) is 36.7. The summed E-state index contributed by atoms with van der Waals surface area (Å²) in [7, 11) is -3.54. The molecule has 0 bridgehead atoms. The fourth-order valence-electron chi connectivity index (χ4n) is 7.92. The molecule has 1 atom stereocenters. The molecule has 0 N–H and O–H groups in total. The molecule has 0 fully saturated rings. The second-order valence-corrected chi connectivity index (χ2v) is 16.7. The van der Waals surface area contributed by atoms with Crippen molar-refractivity contribution in [2.45, 2.75) is 19.2 Å². The van der Waals surface area contributed by atoms with Gasteiger partial charge in [-0.1, -0.05) is 135 Å². The van der Waals surface area contributed by atoms with Crippen molar-refractivity contribution in [1.82, 2.24) is 28.9 Å². The molecule has 10 rings (SSSR count). The molecule has 0 saturated carbocycles. The molecular weight excluding hydrogens is 645 g/mol. The Morgan fingerprint density at radius 1 is 0.627 bits per heavy atom. The van der Waals surface area contributed by atoms with Gasteiger partial charge in [0.05, 0.1) is 22.1 Å². The zero-order valence-corrected chi connectivity index (χ0v) is 28.6. The maximum absolute atomic E-state index is 8.93. The molecule has 244 valence electrons. The minimum atomic E-state index is -3.54. The SMILES string of the molecule is [2H]C([2H])([2H])C1(C)c2ccccc2Oc2c1cccc2[Si](c1ccccc1)(c1ccccc1)c1ncnc(-n2c3ccccc3n3c4ccccc4nc23)n1. The van der Waals surface area contributed by atoms with E-state index in [0.717, 1.165) is 37.6 Å². The van der Waals surface area contributed by atoms with E-state index in [9.17, 15) is 0 Å². The molecule has 4 heterocycles. The first kappa shape index (κ1) is 26.5. The monoisotopic (exact) mass is 679 g/mol. The molecule has 1 aliphatic rings. The molecule has 6 aromatic carbocycles. The van der Waals surface area contributed by atoms with Gasteiger partial charge in [0, 0.05) is 25.8 Å². The van der Waals surface area contributed by atoms with Gasteiger partial charge in [-0.15, -0.1) is 0 Å². The van der Waals surface area contributed by atoms with Crippen LogP contribution < -0.4 is 25.7 Å². The number of imidazole rings is 2. The predicted molar refractivity (Wildman–Crippen MR) is 205 cm³/mol. The summed E-state index contributed by atoms with van der Waals surface area (Å²) in [6.45, 7) is -0.588. The van der Waals surface area contributed by atoms with Gasteiger partial charge in [-0.25, -0.2) is 24.5 Å². The molecule has 0 amide bonds. The quantitative estimate of drug-likeness (QED) is 0.155. The molecule has 0 spiro atoms. The standard InChI is InChI=1S/C43H32N6OSi/c1-43(2)31-20-9-14-26-37(31)50-39-32(43)21-15-27-38(39)51(29-16-5-3-6-17-29,30-18-7-4-8-19-30)41-45-28-44-40(47-41)49-36-25-13-12-24-35(36)48-34-23-11-10-22-33(34)46-42(48)49/h3-28H,1-2H3/i1D3. The molecule has 7 nitrogen and oxygen atoms in total. The van der Waals surface area contributed by atoms with E-state index in [0.29, 0.717) is 39.8 Å². The topological polar surface area (TPSA) is 70.1 Å². The van der Waals surface area contributed by atoms with Gasteiger partial charge in [0.15, 0.2) is 0 Å². The summed E-state index contributed by atoms with van der Waals surface area (Å²) in [5, 5.41) is 2.86. The van der Waals surface area contributed by atoms with E-state index in [4.69, 9.17) is 28.8 Å². The Balaban J connectivity index is 1.32. The molecule has 0 saturated heterocycles. The Hall–Kier alpha value is -6.38. The number of nitrogens with zero attached hydrogens (tertiary/aromatic N) is 6. The summed E-state index contributed by atoms with van der Waals surface area (Å²) in [6, 6.07) is 50.2. The number of benzene rings is 6. The first-order valence-electron chi connectivity index (χ1n) is 18.4. The highest BCUT2D eigenvalue weighted by Crippen LogP contribution is 2.47. The van der Waals surface area contributed by atoms with Crippen LogP contribution in [0.25, 0.3) is 33.8 Å². The summed E-state index contributed by atoms with van der Waals surface area (Å²) in [6.07, 6.45) is 1.58. The van der Waals surface area contributed by atoms with Crippen LogP contribution in [0.1, 0.15) is 29.0 Å². The van der Waals surface area contributed by atoms with Gasteiger partial charge in [-0.3, -0.25) is 4.40 Å². The predicted octanol–water partition coefficient (Wildman–Crippen LogP) is 6.43. The Labute approximate surface area is 299 Å². The van der Waals surface area contributed by atoms with Gasteiger partial charge in [0.1, 0.15) is 23.3 Å². The maximum Gasteiger partial charge on any atom is 0.239 e. The summed E-state index contributed by atoms with van der Waals surface area (Å²) < 4.78 is 37.8. The highest BCUT2D eigenvalue weighted by Gasteiger charge is 2.49. The maximum atomic E-state index is 8.93. The van der Waals surface area contributed by atoms with Crippen molar-refractivity contribution in [3.63, 3.8) is 0 Å². The van der Waals surface area contributed by atoms with Crippen molar-refractivity contribution in [3.8, 4) is 17.4 Å². The lowest BCUT2D eigenvalue weighted by Crippen LogP contribution is -2.76. The van der Waals surface area contributed by atoms with E-state index in [1.807, 2.05) is 108 Å². The molecule has 1 aliphatic heterocycles. The van der Waals surface area contributed by atoms with Crippen LogP contribution >= 0.6 is 0 Å². The van der Waals surface area contributed by atoms with Crippen molar-refractivity contribution in [3.05, 3.63) is 169 Å². The van der Waals surface area contributed by atoms with E-state index in [1.165, 1.54) is 0 Å². The highest BCUT2D eigenvalue weighted by molar-refractivity contribution is 7.19. The normalized spacial score (nSPS) is 16.6. The summed E-state index contributed by atoms with van der Waals surface area (Å²) in [5.41, 5.74) is 4.17. The van der Waals surface area contributed by atoms with Crippen LogP contribution in [-0.2, 0) is 5.41 Å². The van der Waals surface area contributed by atoms with E-state index in [1.54, 1.807) is 13.3 Å². The number of hydrogen-bond acceptors (Lipinski definition) is 5. The third-order valence-corrected chi connectivity index (χ3v) is 14.7. The summed E-state index contributed by atoms with van der Waals surface area (Å²) in [4.78, 5) is 20.4. The van der Waals surface area contributed by atoms with Crippen molar-refractivity contribution in [2.75, 3.05) is 0 Å². The number of hydrogen-bond donors (Lipinski definition) is 0. The zero-order valence-electron chi connectivity index (χ0n) is 30.6. The molecular formula is C43H32N6OSi. The molecule has 3 aromatic heterocycles. The first-order valence-corrected chi connectivity index (χ1v) is 18.9. The van der Waals surface area contributed by atoms with Crippen LogP contribution in [0.5, 0.6) is 11.5 Å². The number of rotatable bonds is 5. The van der Waals surface area contributed by atoms with Crippen molar-refractivity contribution < 1.29 is 8.85 Å². The second kappa shape index (κ2) is 11.1. The molecule has 8 heteroatoms. The van der Waals surface area contributed by atoms with Gasteiger partial charge < -0.3 is 4.74 Å². The molecule has 0 aliphatic carbocycles. The minimum Gasteiger partial charge on any atom is -0.457 e. The van der Waals surface area contributed by atoms with Gasteiger partial charge in [-0.05, 0) is 40.7 Å². The van der Waals surface area contributed by atoms with Crippen LogP contribution in [0.4, 0.5) is 0 Å². The Morgan fingerprint density at radius 3 is 2.04 bits per heavy atom. The third kappa shape index (κ3) is 4.17. The fraction of sp³-hybridized carbons (Fsp3) is 0.0698. The largest absolute Gasteiger partial charge is 0.457 e. The Bertz CT molecular complexity index is 2850.